The van der Waals surface area contributed by atoms with Crippen molar-refractivity contribution in [3.8, 4) is 0 Å². The monoisotopic (exact) mass is 237 g/mol. The van der Waals surface area contributed by atoms with Crippen molar-refractivity contribution in [2.45, 2.75) is 6.42 Å². The number of carbonyl (C=O) groups excluding carboxylic acids is 2. The Morgan fingerprint density at radius 3 is 2.94 bits per heavy atom. The van der Waals surface area contributed by atoms with E-state index in [2.05, 4.69) is 15.2 Å². The van der Waals surface area contributed by atoms with Gasteiger partial charge in [-0.3, -0.25) is 14.3 Å². The zero-order chi connectivity index (χ0) is 12.7. The van der Waals surface area contributed by atoms with Crippen molar-refractivity contribution in [2.75, 3.05) is 13.7 Å². The summed E-state index contributed by atoms with van der Waals surface area (Å²) >= 11 is 0. The van der Waals surface area contributed by atoms with Gasteiger partial charge in [0.15, 0.2) is 0 Å². The minimum absolute atomic E-state index is 0.170. The quantitative estimate of drug-likeness (QED) is 0.583. The van der Waals surface area contributed by atoms with Gasteiger partial charge in [-0.2, -0.15) is 5.10 Å². The SMILES string of the molecule is COC(=O)CCNC(=O)C=Cc1cnn(C)c1. The molecule has 0 atom stereocenters. The van der Waals surface area contributed by atoms with Gasteiger partial charge in [-0.15, -0.1) is 0 Å². The molecule has 0 radical (unpaired) electrons. The lowest BCUT2D eigenvalue weighted by Crippen LogP contribution is -2.24. The van der Waals surface area contributed by atoms with Crippen molar-refractivity contribution in [1.29, 1.82) is 0 Å². The van der Waals surface area contributed by atoms with E-state index in [-0.39, 0.29) is 24.8 Å². The van der Waals surface area contributed by atoms with Crippen molar-refractivity contribution in [2.24, 2.45) is 7.05 Å². The smallest absolute Gasteiger partial charge is 0.307 e. The fourth-order valence-electron chi connectivity index (χ4n) is 1.15. The van der Waals surface area contributed by atoms with Gasteiger partial charge in [0.2, 0.25) is 5.91 Å². The first-order chi connectivity index (χ1) is 8.11. The van der Waals surface area contributed by atoms with Crippen LogP contribution in [0.15, 0.2) is 18.5 Å². The number of carbonyl (C=O) groups is 2. The molecule has 1 rings (SSSR count). The Morgan fingerprint density at radius 2 is 2.35 bits per heavy atom. The summed E-state index contributed by atoms with van der Waals surface area (Å²) in [6, 6.07) is 0. The molecule has 0 aliphatic carbocycles. The first-order valence-corrected chi connectivity index (χ1v) is 5.13. The van der Waals surface area contributed by atoms with Crippen molar-refractivity contribution >= 4 is 18.0 Å². The van der Waals surface area contributed by atoms with E-state index in [1.54, 1.807) is 30.2 Å². The van der Waals surface area contributed by atoms with Crippen LogP contribution in [0.4, 0.5) is 0 Å². The number of esters is 1. The number of methoxy groups -OCH3 is 1. The van der Waals surface area contributed by atoms with Crippen LogP contribution in [-0.4, -0.2) is 35.3 Å². The number of nitrogens with one attached hydrogen (secondary N) is 1. The van der Waals surface area contributed by atoms with Crippen LogP contribution in [-0.2, 0) is 21.4 Å². The number of rotatable bonds is 5. The van der Waals surface area contributed by atoms with Gasteiger partial charge >= 0.3 is 5.97 Å². The van der Waals surface area contributed by atoms with Gasteiger partial charge in [-0.05, 0) is 6.08 Å². The fraction of sp³-hybridized carbons (Fsp3) is 0.364. The molecule has 0 fully saturated rings. The molecular weight excluding hydrogens is 222 g/mol. The zero-order valence-electron chi connectivity index (χ0n) is 9.84. The average molecular weight is 237 g/mol. The van der Waals surface area contributed by atoms with Crippen molar-refractivity contribution in [3.05, 3.63) is 24.0 Å². The zero-order valence-corrected chi connectivity index (χ0v) is 9.84. The number of ether oxygens (including phenoxy) is 1. The van der Waals surface area contributed by atoms with Gasteiger partial charge in [-0.1, -0.05) is 0 Å². The summed E-state index contributed by atoms with van der Waals surface area (Å²) in [6.07, 6.45) is 6.66. The standard InChI is InChI=1S/C11H15N3O3/c1-14-8-9(7-13-14)3-4-10(15)12-6-5-11(16)17-2/h3-4,7-8H,5-6H2,1-2H3,(H,12,15). The molecule has 0 bridgehead atoms. The molecule has 92 valence electrons. The minimum Gasteiger partial charge on any atom is -0.469 e. The van der Waals surface area contributed by atoms with Crippen molar-refractivity contribution in [1.82, 2.24) is 15.1 Å². The normalized spacial score (nSPS) is 10.5. The lowest BCUT2D eigenvalue weighted by molar-refractivity contribution is -0.140. The molecule has 6 nitrogen and oxygen atoms in total. The first kappa shape index (κ1) is 13.0. The van der Waals surface area contributed by atoms with Crippen LogP contribution in [0.2, 0.25) is 0 Å². The van der Waals surface area contributed by atoms with Crippen LogP contribution in [0.25, 0.3) is 6.08 Å². The van der Waals surface area contributed by atoms with Gasteiger partial charge in [0.05, 0.1) is 19.7 Å². The maximum atomic E-state index is 11.3. The van der Waals surface area contributed by atoms with E-state index in [1.807, 2.05) is 0 Å². The van der Waals surface area contributed by atoms with E-state index >= 15 is 0 Å². The predicted molar refractivity (Wildman–Crippen MR) is 61.9 cm³/mol. The highest BCUT2D eigenvalue weighted by Gasteiger charge is 2.00. The highest BCUT2D eigenvalue weighted by atomic mass is 16.5. The van der Waals surface area contributed by atoms with Gasteiger partial charge in [0.1, 0.15) is 0 Å². The molecule has 0 saturated carbocycles. The number of aryl methyl sites for hydroxylation is 1. The topological polar surface area (TPSA) is 73.2 Å². The number of nitrogens with zero attached hydrogens (tertiary/aromatic N) is 2. The van der Waals surface area contributed by atoms with Crippen LogP contribution in [0, 0.1) is 0 Å². The molecule has 0 aromatic carbocycles. The molecule has 1 heterocycles. The van der Waals surface area contributed by atoms with Crippen LogP contribution in [0.3, 0.4) is 0 Å². The Labute approximate surface area is 99.3 Å². The van der Waals surface area contributed by atoms with Gasteiger partial charge in [-0.25, -0.2) is 0 Å². The summed E-state index contributed by atoms with van der Waals surface area (Å²) in [5.41, 5.74) is 0.843. The summed E-state index contributed by atoms with van der Waals surface area (Å²) in [5.74, 6) is -0.598. The Hall–Kier alpha value is -2.11. The van der Waals surface area contributed by atoms with Crippen LogP contribution >= 0.6 is 0 Å². The van der Waals surface area contributed by atoms with E-state index in [0.29, 0.717) is 0 Å². The molecule has 0 saturated heterocycles. The molecule has 0 unspecified atom stereocenters. The minimum atomic E-state index is -0.346. The lowest BCUT2D eigenvalue weighted by Gasteiger charge is -2.00. The largest absolute Gasteiger partial charge is 0.469 e. The molecule has 17 heavy (non-hydrogen) atoms. The third kappa shape index (κ3) is 4.96. The molecular formula is C11H15N3O3. The third-order valence-corrected chi connectivity index (χ3v) is 2.01. The Balaban J connectivity index is 2.30. The summed E-state index contributed by atoms with van der Waals surface area (Å²) in [5, 5.41) is 6.53. The van der Waals surface area contributed by atoms with E-state index in [0.717, 1.165) is 5.56 Å². The number of hydrogen-bond acceptors (Lipinski definition) is 4. The van der Waals surface area contributed by atoms with Crippen LogP contribution in [0.5, 0.6) is 0 Å². The fourth-order valence-corrected chi connectivity index (χ4v) is 1.15. The second kappa shape index (κ2) is 6.47. The Kier molecular flexibility index (Phi) is 4.93. The van der Waals surface area contributed by atoms with Crippen molar-refractivity contribution in [3.63, 3.8) is 0 Å². The predicted octanol–water partition coefficient (Wildman–Crippen LogP) is 0.113. The summed E-state index contributed by atoms with van der Waals surface area (Å²) in [6.45, 7) is 0.267. The number of amides is 1. The molecule has 0 aliphatic heterocycles. The van der Waals surface area contributed by atoms with E-state index < -0.39 is 0 Å². The number of aromatic nitrogens is 2. The highest BCUT2D eigenvalue weighted by Crippen LogP contribution is 1.98. The molecule has 0 aliphatic rings. The molecule has 1 N–H and O–H groups in total. The Bertz CT molecular complexity index is 423. The summed E-state index contributed by atoms with van der Waals surface area (Å²) in [7, 11) is 3.11. The van der Waals surface area contributed by atoms with Crippen LogP contribution < -0.4 is 5.32 Å². The second-order valence-corrected chi connectivity index (χ2v) is 3.40. The van der Waals surface area contributed by atoms with E-state index in [9.17, 15) is 9.59 Å². The Morgan fingerprint density at radius 1 is 1.59 bits per heavy atom. The van der Waals surface area contributed by atoms with Gasteiger partial charge < -0.3 is 10.1 Å². The molecule has 6 heteroatoms. The van der Waals surface area contributed by atoms with Gasteiger partial charge in [0, 0.05) is 31.4 Å². The summed E-state index contributed by atoms with van der Waals surface area (Å²) in [4.78, 5) is 22.1. The maximum absolute atomic E-state index is 11.3. The number of hydrogen-bond donors (Lipinski definition) is 1. The third-order valence-electron chi connectivity index (χ3n) is 2.01. The van der Waals surface area contributed by atoms with Crippen LogP contribution in [0.1, 0.15) is 12.0 Å². The first-order valence-electron chi connectivity index (χ1n) is 5.13. The van der Waals surface area contributed by atoms with E-state index in [4.69, 9.17) is 0 Å². The molecule has 1 aromatic rings. The molecule has 0 spiro atoms. The highest BCUT2D eigenvalue weighted by molar-refractivity contribution is 5.91. The second-order valence-electron chi connectivity index (χ2n) is 3.40. The van der Waals surface area contributed by atoms with Gasteiger partial charge in [0.25, 0.3) is 0 Å². The van der Waals surface area contributed by atoms with Crippen molar-refractivity contribution < 1.29 is 14.3 Å². The van der Waals surface area contributed by atoms with E-state index in [1.165, 1.54) is 13.2 Å². The molecule has 1 amide bonds. The summed E-state index contributed by atoms with van der Waals surface area (Å²) < 4.78 is 6.09. The lowest BCUT2D eigenvalue weighted by atomic mass is 10.3. The average Bonchev–Trinajstić information content (AvgIpc) is 2.72. The maximum Gasteiger partial charge on any atom is 0.307 e. The molecule has 1 aromatic heterocycles.